The van der Waals surface area contributed by atoms with E-state index in [0.717, 1.165) is 17.1 Å². The number of hydrogen-bond acceptors (Lipinski definition) is 5. The molecule has 0 saturated carbocycles. The number of furan rings is 1. The zero-order valence-corrected chi connectivity index (χ0v) is 15.5. The molecule has 0 N–H and O–H groups in total. The van der Waals surface area contributed by atoms with Crippen molar-refractivity contribution in [1.29, 1.82) is 5.26 Å². The van der Waals surface area contributed by atoms with Crippen LogP contribution in [0, 0.1) is 18.3 Å². The molecule has 27 heavy (non-hydrogen) atoms. The normalized spacial score (nSPS) is 12.5. The number of allylic oxidation sites excluding steroid dienone is 1. The van der Waals surface area contributed by atoms with Crippen LogP contribution in [0.1, 0.15) is 21.9 Å². The summed E-state index contributed by atoms with van der Waals surface area (Å²) in [4.78, 5) is 25.6. The monoisotopic (exact) mass is 376 g/mol. The van der Waals surface area contributed by atoms with Crippen molar-refractivity contribution < 1.29 is 9.21 Å². The van der Waals surface area contributed by atoms with Crippen molar-refractivity contribution in [3.8, 4) is 6.07 Å². The molecule has 0 unspecified atom stereocenters. The Bertz CT molecular complexity index is 1220. The molecule has 0 amide bonds. The molecule has 6 heteroatoms. The lowest BCUT2D eigenvalue weighted by Gasteiger charge is -2.00. The number of nitrogens with zero attached hydrogens (tertiary/aromatic N) is 2. The van der Waals surface area contributed by atoms with Crippen molar-refractivity contribution in [2.75, 3.05) is 0 Å². The van der Waals surface area contributed by atoms with E-state index in [4.69, 9.17) is 4.42 Å². The Labute approximate surface area is 159 Å². The molecule has 0 atom stereocenters. The largest absolute Gasteiger partial charge is 0.462 e. The van der Waals surface area contributed by atoms with Crippen molar-refractivity contribution in [3.63, 3.8) is 0 Å². The summed E-state index contributed by atoms with van der Waals surface area (Å²) >= 11 is 1.09. The molecule has 0 spiro atoms. The second-order valence-electron chi connectivity index (χ2n) is 5.75. The Morgan fingerprint density at radius 1 is 1.30 bits per heavy atom. The number of nitriles is 1. The Balaban J connectivity index is 2.29. The first kappa shape index (κ1) is 18.4. The maximum atomic E-state index is 12.8. The van der Waals surface area contributed by atoms with E-state index in [0.29, 0.717) is 20.5 Å². The molecular weight excluding hydrogens is 360 g/mol. The van der Waals surface area contributed by atoms with Crippen LogP contribution in [0.5, 0.6) is 0 Å². The van der Waals surface area contributed by atoms with E-state index in [2.05, 4.69) is 6.58 Å². The van der Waals surface area contributed by atoms with Gasteiger partial charge >= 0.3 is 0 Å². The number of hydrogen-bond donors (Lipinski definition) is 0. The van der Waals surface area contributed by atoms with Crippen LogP contribution < -0.4 is 14.8 Å². The van der Waals surface area contributed by atoms with Gasteiger partial charge in [-0.1, -0.05) is 36.4 Å². The second kappa shape index (κ2) is 7.85. The standard InChI is InChI=1S/C21H16N2O3S/c1-3-11-23-20(25)18(12-16-10-9-14(2)26-16)27-21(23)17(13-22)19(24)15-7-5-4-6-8-15/h3-10,12H,1,11H2,2H3. The highest BCUT2D eigenvalue weighted by molar-refractivity contribution is 7.07. The fraction of sp³-hybridized carbons (Fsp3) is 0.0952. The van der Waals surface area contributed by atoms with Crippen LogP contribution >= 0.6 is 11.3 Å². The predicted octanol–water partition coefficient (Wildman–Crippen LogP) is 2.38. The van der Waals surface area contributed by atoms with Crippen molar-refractivity contribution >= 4 is 28.8 Å². The first-order valence-electron chi connectivity index (χ1n) is 8.18. The van der Waals surface area contributed by atoms with Crippen molar-refractivity contribution in [3.05, 3.63) is 91.8 Å². The van der Waals surface area contributed by atoms with Gasteiger partial charge in [0.15, 0.2) is 0 Å². The minimum atomic E-state index is -0.419. The van der Waals surface area contributed by atoms with Gasteiger partial charge in [-0.3, -0.25) is 14.2 Å². The van der Waals surface area contributed by atoms with Crippen LogP contribution in [0.25, 0.3) is 11.6 Å². The van der Waals surface area contributed by atoms with Crippen molar-refractivity contribution in [1.82, 2.24) is 4.57 Å². The molecule has 2 heterocycles. The first-order valence-corrected chi connectivity index (χ1v) is 8.99. The number of aryl methyl sites for hydroxylation is 1. The van der Waals surface area contributed by atoms with E-state index in [1.807, 2.05) is 13.0 Å². The van der Waals surface area contributed by atoms with Crippen LogP contribution in [-0.2, 0) is 6.54 Å². The second-order valence-corrected chi connectivity index (χ2v) is 6.78. The molecule has 2 aromatic heterocycles. The van der Waals surface area contributed by atoms with Crippen LogP contribution in [0.4, 0.5) is 0 Å². The van der Waals surface area contributed by atoms with E-state index in [1.165, 1.54) is 4.57 Å². The molecule has 0 saturated heterocycles. The lowest BCUT2D eigenvalue weighted by atomic mass is 10.1. The summed E-state index contributed by atoms with van der Waals surface area (Å²) in [6.45, 7) is 5.67. The highest BCUT2D eigenvalue weighted by Gasteiger charge is 2.17. The van der Waals surface area contributed by atoms with Gasteiger partial charge in [0.05, 0.1) is 4.53 Å². The Morgan fingerprint density at radius 3 is 2.63 bits per heavy atom. The molecule has 0 fully saturated rings. The third kappa shape index (κ3) is 3.73. The summed E-state index contributed by atoms with van der Waals surface area (Å²) in [6, 6.07) is 14.1. The Morgan fingerprint density at radius 2 is 2.04 bits per heavy atom. The van der Waals surface area contributed by atoms with Crippen LogP contribution in [-0.4, -0.2) is 10.4 Å². The summed E-state index contributed by atoms with van der Waals surface area (Å²) in [5.41, 5.74) is 0.0326. The van der Waals surface area contributed by atoms with E-state index in [1.54, 1.807) is 54.6 Å². The SMILES string of the molecule is C=CCn1c(=C(C#N)C(=O)c2ccccc2)sc(=Cc2ccc(C)o2)c1=O. The molecule has 3 aromatic rings. The highest BCUT2D eigenvalue weighted by atomic mass is 32.1. The molecular formula is C21H16N2O3S. The van der Waals surface area contributed by atoms with Crippen molar-refractivity contribution in [2.24, 2.45) is 0 Å². The van der Waals surface area contributed by atoms with Gasteiger partial charge in [0.2, 0.25) is 5.78 Å². The summed E-state index contributed by atoms with van der Waals surface area (Å²) < 4.78 is 7.58. The number of carbonyl (C=O) groups excluding carboxylic acids is 1. The third-order valence-electron chi connectivity index (χ3n) is 3.84. The van der Waals surface area contributed by atoms with Gasteiger partial charge in [-0.05, 0) is 19.1 Å². The number of benzene rings is 1. The highest BCUT2D eigenvalue weighted by Crippen LogP contribution is 2.08. The van der Waals surface area contributed by atoms with Crippen LogP contribution in [0.15, 0.2) is 64.3 Å². The predicted molar refractivity (Wildman–Crippen MR) is 105 cm³/mol. The number of rotatable bonds is 5. The van der Waals surface area contributed by atoms with E-state index in [-0.39, 0.29) is 17.7 Å². The zero-order valence-electron chi connectivity index (χ0n) is 14.6. The summed E-state index contributed by atoms with van der Waals surface area (Å²) in [7, 11) is 0. The maximum absolute atomic E-state index is 12.8. The van der Waals surface area contributed by atoms with E-state index in [9.17, 15) is 14.9 Å². The molecule has 134 valence electrons. The molecule has 3 rings (SSSR count). The van der Waals surface area contributed by atoms with Gasteiger partial charge in [-0.25, -0.2) is 0 Å². The van der Waals surface area contributed by atoms with Crippen molar-refractivity contribution in [2.45, 2.75) is 13.5 Å². The number of ketones is 1. The van der Waals surface area contributed by atoms with E-state index < -0.39 is 5.78 Å². The minimum absolute atomic E-state index is 0.0691. The van der Waals surface area contributed by atoms with Gasteiger partial charge in [0, 0.05) is 18.2 Å². The molecule has 0 aliphatic carbocycles. The number of carbonyl (C=O) groups is 1. The van der Waals surface area contributed by atoms with Gasteiger partial charge < -0.3 is 4.42 Å². The lowest BCUT2D eigenvalue weighted by molar-refractivity contribution is 0.105. The Kier molecular flexibility index (Phi) is 5.34. The molecule has 0 aliphatic rings. The average molecular weight is 376 g/mol. The van der Waals surface area contributed by atoms with E-state index >= 15 is 0 Å². The molecule has 0 bridgehead atoms. The lowest BCUT2D eigenvalue weighted by Crippen LogP contribution is -2.32. The van der Waals surface area contributed by atoms with Gasteiger partial charge in [0.1, 0.15) is 27.8 Å². The number of thiazole rings is 1. The quantitative estimate of drug-likeness (QED) is 0.506. The summed E-state index contributed by atoms with van der Waals surface area (Å²) in [5, 5.41) is 9.63. The topological polar surface area (TPSA) is 76.0 Å². The molecule has 1 aromatic carbocycles. The summed E-state index contributed by atoms with van der Waals surface area (Å²) in [5.74, 6) is 0.849. The number of Topliss-reactive ketones (excluding diaryl/α,β-unsaturated/α-hetero) is 1. The fourth-order valence-electron chi connectivity index (χ4n) is 2.59. The fourth-order valence-corrected chi connectivity index (χ4v) is 3.68. The maximum Gasteiger partial charge on any atom is 0.269 e. The third-order valence-corrected chi connectivity index (χ3v) is 4.97. The molecule has 0 radical (unpaired) electrons. The minimum Gasteiger partial charge on any atom is -0.462 e. The molecule has 0 aliphatic heterocycles. The van der Waals surface area contributed by atoms with Crippen LogP contribution in [0.3, 0.4) is 0 Å². The average Bonchev–Trinajstić information content (AvgIpc) is 3.22. The number of aromatic nitrogens is 1. The van der Waals surface area contributed by atoms with Gasteiger partial charge in [-0.2, -0.15) is 5.26 Å². The molecule has 5 nitrogen and oxygen atoms in total. The zero-order chi connectivity index (χ0) is 19.4. The first-order chi connectivity index (χ1) is 13.0. The summed E-state index contributed by atoms with van der Waals surface area (Å²) in [6.07, 6.45) is 3.17. The Hall–Kier alpha value is -3.43. The van der Waals surface area contributed by atoms with Gasteiger partial charge in [0.25, 0.3) is 5.56 Å². The van der Waals surface area contributed by atoms with Crippen LogP contribution in [0.2, 0.25) is 0 Å². The van der Waals surface area contributed by atoms with Gasteiger partial charge in [-0.15, -0.1) is 17.9 Å². The smallest absolute Gasteiger partial charge is 0.269 e.